The minimum Gasteiger partial charge on any atom is -0.459 e. The number of esters is 1. The largest absolute Gasteiger partial charge is 0.459 e. The van der Waals surface area contributed by atoms with Gasteiger partial charge in [0, 0.05) is 24.3 Å². The molecule has 2 aromatic heterocycles. The second-order valence-electron chi connectivity index (χ2n) is 8.63. The Bertz CT molecular complexity index is 1210. The second kappa shape index (κ2) is 9.17. The van der Waals surface area contributed by atoms with E-state index >= 15 is 0 Å². The fraction of sp³-hybridized carbons (Fsp3) is 0.417. The van der Waals surface area contributed by atoms with Gasteiger partial charge in [0.05, 0.1) is 17.2 Å². The zero-order valence-electron chi connectivity index (χ0n) is 19.3. The van der Waals surface area contributed by atoms with Crippen LogP contribution in [0.2, 0.25) is 0 Å². The van der Waals surface area contributed by atoms with Crippen molar-refractivity contribution in [1.82, 2.24) is 19.7 Å². The first-order valence-electron chi connectivity index (χ1n) is 11.2. The predicted molar refractivity (Wildman–Crippen MR) is 122 cm³/mol. The van der Waals surface area contributed by atoms with Crippen LogP contribution < -0.4 is 5.32 Å². The number of rotatable bonds is 5. The molecule has 4 rings (SSSR count). The first-order valence-corrected chi connectivity index (χ1v) is 11.2. The summed E-state index contributed by atoms with van der Waals surface area (Å²) in [5.74, 6) is -0.0255. The van der Waals surface area contributed by atoms with Gasteiger partial charge in [-0.2, -0.15) is 0 Å². The number of nitrogens with one attached hydrogen (secondary N) is 2. The van der Waals surface area contributed by atoms with E-state index in [-0.39, 0.29) is 17.4 Å². The number of H-pyrrole nitrogens is 1. The summed E-state index contributed by atoms with van der Waals surface area (Å²) in [6.45, 7) is 7.68. The number of aryl methyl sites for hydroxylation is 2. The van der Waals surface area contributed by atoms with E-state index in [9.17, 15) is 14.0 Å². The van der Waals surface area contributed by atoms with Crippen LogP contribution >= 0.6 is 0 Å². The maximum atomic E-state index is 14.7. The minimum atomic E-state index is -0.480. The third-order valence-electron chi connectivity index (χ3n) is 5.79. The molecule has 0 aliphatic carbocycles. The van der Waals surface area contributed by atoms with Crippen molar-refractivity contribution in [2.24, 2.45) is 0 Å². The number of hydrogen-bond donors (Lipinski definition) is 2. The Hall–Kier alpha value is -3.49. The highest BCUT2D eigenvalue weighted by Crippen LogP contribution is 2.28. The van der Waals surface area contributed by atoms with Gasteiger partial charge >= 0.3 is 5.97 Å². The van der Waals surface area contributed by atoms with Gasteiger partial charge in [-0.1, -0.05) is 6.42 Å². The highest BCUT2D eigenvalue weighted by atomic mass is 19.1. The molecule has 1 aliphatic heterocycles. The van der Waals surface area contributed by atoms with Crippen LogP contribution in [0.1, 0.15) is 71.0 Å². The molecule has 33 heavy (non-hydrogen) atoms. The summed E-state index contributed by atoms with van der Waals surface area (Å²) in [5.41, 5.74) is 2.36. The summed E-state index contributed by atoms with van der Waals surface area (Å²) in [6, 6.07) is 4.37. The van der Waals surface area contributed by atoms with Gasteiger partial charge in [0.1, 0.15) is 17.3 Å². The van der Waals surface area contributed by atoms with Gasteiger partial charge in [-0.05, 0) is 64.3 Å². The maximum Gasteiger partial charge on any atom is 0.340 e. The van der Waals surface area contributed by atoms with Gasteiger partial charge in [0.25, 0.3) is 5.91 Å². The molecule has 0 bridgehead atoms. The summed E-state index contributed by atoms with van der Waals surface area (Å²) in [6.07, 6.45) is 3.68. The van der Waals surface area contributed by atoms with Crippen LogP contribution in [-0.4, -0.2) is 37.7 Å². The molecule has 0 spiro atoms. The van der Waals surface area contributed by atoms with Crippen molar-refractivity contribution < 1.29 is 18.7 Å². The molecule has 0 saturated carbocycles. The third kappa shape index (κ3) is 4.53. The number of amides is 1. The van der Waals surface area contributed by atoms with Crippen molar-refractivity contribution >= 4 is 17.6 Å². The fourth-order valence-corrected chi connectivity index (χ4v) is 4.21. The van der Waals surface area contributed by atoms with Crippen LogP contribution in [0.4, 0.5) is 10.1 Å². The van der Waals surface area contributed by atoms with Gasteiger partial charge in [-0.3, -0.25) is 4.79 Å². The molecule has 0 saturated heterocycles. The molecule has 0 fully saturated rings. The monoisotopic (exact) mass is 453 g/mol. The Morgan fingerprint density at radius 1 is 1.18 bits per heavy atom. The summed E-state index contributed by atoms with van der Waals surface area (Å²) < 4.78 is 22.0. The molecule has 3 aromatic rings. The molecule has 1 aliphatic rings. The van der Waals surface area contributed by atoms with E-state index in [1.165, 1.54) is 12.1 Å². The van der Waals surface area contributed by atoms with E-state index in [1.807, 2.05) is 4.57 Å². The molecule has 1 aromatic carbocycles. The Balaban J connectivity index is 1.61. The Kier molecular flexibility index (Phi) is 6.31. The number of benzene rings is 1. The highest BCUT2D eigenvalue weighted by molar-refractivity contribution is 6.07. The lowest BCUT2D eigenvalue weighted by Crippen LogP contribution is -2.15. The molecule has 0 radical (unpaired) electrons. The minimum absolute atomic E-state index is 0.255. The zero-order valence-corrected chi connectivity index (χ0v) is 19.3. The van der Waals surface area contributed by atoms with Crippen molar-refractivity contribution in [3.8, 4) is 11.4 Å². The van der Waals surface area contributed by atoms with Crippen molar-refractivity contribution in [3.05, 3.63) is 52.4 Å². The van der Waals surface area contributed by atoms with Crippen LogP contribution in [0.3, 0.4) is 0 Å². The first-order chi connectivity index (χ1) is 15.8. The molecule has 2 N–H and O–H groups in total. The number of nitrogens with zero attached hydrogens (tertiary/aromatic N) is 3. The first kappa shape index (κ1) is 22.7. The third-order valence-corrected chi connectivity index (χ3v) is 5.79. The highest BCUT2D eigenvalue weighted by Gasteiger charge is 2.24. The van der Waals surface area contributed by atoms with Gasteiger partial charge < -0.3 is 19.6 Å². The lowest BCUT2D eigenvalue weighted by molar-refractivity contribution is 0.0376. The van der Waals surface area contributed by atoms with Crippen molar-refractivity contribution in [1.29, 1.82) is 0 Å². The number of hydrogen-bond acceptors (Lipinski definition) is 5. The van der Waals surface area contributed by atoms with E-state index in [0.29, 0.717) is 28.3 Å². The number of aromatic amines is 1. The summed E-state index contributed by atoms with van der Waals surface area (Å²) in [7, 11) is 0. The topological polar surface area (TPSA) is 102 Å². The molecular weight excluding hydrogens is 425 g/mol. The molecule has 0 unspecified atom stereocenters. The molecular formula is C24H28FN5O3. The smallest absolute Gasteiger partial charge is 0.340 e. The lowest BCUT2D eigenvalue weighted by Gasteiger charge is -2.11. The number of ether oxygens (including phenoxy) is 1. The molecule has 3 heterocycles. The molecule has 174 valence electrons. The standard InChI is InChI=1S/C24H28FN5O3/c1-13(2)33-24(32)20-14(3)21(26-15(20)4)23(31)27-16-9-10-18(25)17(12-16)22-29-28-19-8-6-5-7-11-30(19)22/h9-10,12-13,26H,5-8,11H2,1-4H3,(H,27,31). The van der Waals surface area contributed by atoms with Crippen molar-refractivity contribution in [2.75, 3.05) is 5.32 Å². The number of fused-ring (bicyclic) bond motifs is 1. The van der Waals surface area contributed by atoms with E-state index < -0.39 is 17.7 Å². The Morgan fingerprint density at radius 3 is 2.73 bits per heavy atom. The summed E-state index contributed by atoms with van der Waals surface area (Å²) in [4.78, 5) is 28.4. The van der Waals surface area contributed by atoms with Gasteiger partial charge in [0.2, 0.25) is 0 Å². The summed E-state index contributed by atoms with van der Waals surface area (Å²) >= 11 is 0. The fourth-order valence-electron chi connectivity index (χ4n) is 4.21. The maximum absolute atomic E-state index is 14.7. The van der Waals surface area contributed by atoms with E-state index in [4.69, 9.17) is 4.74 Å². The SMILES string of the molecule is Cc1[nH]c(C(=O)Nc2ccc(F)c(-c3nnc4n3CCCCC4)c2)c(C)c1C(=O)OC(C)C. The Morgan fingerprint density at radius 2 is 1.97 bits per heavy atom. The molecule has 0 atom stereocenters. The predicted octanol–water partition coefficient (Wildman–Crippen LogP) is 4.57. The lowest BCUT2D eigenvalue weighted by atomic mass is 10.1. The van der Waals surface area contributed by atoms with Crippen molar-refractivity contribution in [2.45, 2.75) is 66.0 Å². The van der Waals surface area contributed by atoms with Crippen LogP contribution in [0.25, 0.3) is 11.4 Å². The van der Waals surface area contributed by atoms with Crippen LogP contribution in [0.15, 0.2) is 18.2 Å². The number of carbonyl (C=O) groups excluding carboxylic acids is 2. The molecule has 8 nitrogen and oxygen atoms in total. The van der Waals surface area contributed by atoms with Gasteiger partial charge in [-0.15, -0.1) is 10.2 Å². The average molecular weight is 454 g/mol. The quantitative estimate of drug-likeness (QED) is 0.551. The number of aromatic nitrogens is 4. The van der Waals surface area contributed by atoms with Crippen LogP contribution in [0, 0.1) is 19.7 Å². The van der Waals surface area contributed by atoms with Crippen LogP contribution in [0.5, 0.6) is 0 Å². The zero-order chi connectivity index (χ0) is 23.7. The molecule has 9 heteroatoms. The van der Waals surface area contributed by atoms with E-state index in [2.05, 4.69) is 20.5 Å². The second-order valence-corrected chi connectivity index (χ2v) is 8.63. The summed E-state index contributed by atoms with van der Waals surface area (Å²) in [5, 5.41) is 11.3. The van der Waals surface area contributed by atoms with Gasteiger partial charge in [-0.25, -0.2) is 9.18 Å². The Labute approximate surface area is 191 Å². The van der Waals surface area contributed by atoms with E-state index in [1.54, 1.807) is 33.8 Å². The van der Waals surface area contributed by atoms with Crippen molar-refractivity contribution in [3.63, 3.8) is 0 Å². The number of carbonyl (C=O) groups is 2. The average Bonchev–Trinajstić information content (AvgIpc) is 3.19. The van der Waals surface area contributed by atoms with E-state index in [0.717, 1.165) is 38.1 Å². The molecule has 1 amide bonds. The number of anilines is 1. The van der Waals surface area contributed by atoms with Crippen LogP contribution in [-0.2, 0) is 17.7 Å². The number of halogens is 1. The van der Waals surface area contributed by atoms with Gasteiger partial charge in [0.15, 0.2) is 5.82 Å². The normalized spacial score (nSPS) is 13.5.